The molecule has 1 aromatic carbocycles. The molecule has 2 N–H and O–H groups in total. The first kappa shape index (κ1) is 15.6. The van der Waals surface area contributed by atoms with Crippen molar-refractivity contribution in [3.8, 4) is 0 Å². The molecule has 5 heteroatoms. The Hall–Kier alpha value is -1.46. The number of aromatic carboxylic acids is 1. The van der Waals surface area contributed by atoms with Crippen LogP contribution in [-0.4, -0.2) is 42.7 Å². The van der Waals surface area contributed by atoms with Crippen molar-refractivity contribution in [3.05, 3.63) is 35.1 Å². The van der Waals surface area contributed by atoms with Crippen molar-refractivity contribution in [1.29, 1.82) is 0 Å². The molecule has 0 radical (unpaired) electrons. The lowest BCUT2D eigenvalue weighted by molar-refractivity contribution is 0.0692. The minimum absolute atomic E-state index is 0.288. The summed E-state index contributed by atoms with van der Waals surface area (Å²) in [5.74, 6) is -1.93. The normalized spacial score (nSPS) is 12.7. The number of hydrogen-bond donors (Lipinski definition) is 2. The summed E-state index contributed by atoms with van der Waals surface area (Å²) in [6, 6.07) is 4.54. The molecule has 0 saturated heterocycles. The molecule has 106 valence electrons. The lowest BCUT2D eigenvalue weighted by Crippen LogP contribution is -2.29. The van der Waals surface area contributed by atoms with Crippen LogP contribution in [0, 0.1) is 5.82 Å². The average molecular weight is 268 g/mol. The first-order chi connectivity index (χ1) is 8.90. The van der Waals surface area contributed by atoms with Gasteiger partial charge in [-0.25, -0.2) is 9.18 Å². The summed E-state index contributed by atoms with van der Waals surface area (Å²) in [4.78, 5) is 12.8. The average Bonchev–Trinajstić information content (AvgIpc) is 2.33. The van der Waals surface area contributed by atoms with E-state index in [0.29, 0.717) is 12.6 Å². The van der Waals surface area contributed by atoms with Crippen molar-refractivity contribution in [2.24, 2.45) is 0 Å². The number of benzene rings is 1. The van der Waals surface area contributed by atoms with Gasteiger partial charge < -0.3 is 15.3 Å². The fraction of sp³-hybridized carbons (Fsp3) is 0.500. The maximum atomic E-state index is 13.5. The highest BCUT2D eigenvalue weighted by Crippen LogP contribution is 2.10. The van der Waals surface area contributed by atoms with Gasteiger partial charge in [0, 0.05) is 12.6 Å². The van der Waals surface area contributed by atoms with Crippen LogP contribution in [0.1, 0.15) is 29.3 Å². The smallest absolute Gasteiger partial charge is 0.338 e. The monoisotopic (exact) mass is 268 g/mol. The lowest BCUT2D eigenvalue weighted by Gasteiger charge is -2.16. The Morgan fingerprint density at radius 1 is 1.47 bits per heavy atom. The molecule has 0 bridgehead atoms. The summed E-state index contributed by atoms with van der Waals surface area (Å²) in [5.41, 5.74) is 0.462. The molecule has 0 saturated carbocycles. The van der Waals surface area contributed by atoms with E-state index < -0.39 is 11.8 Å². The van der Waals surface area contributed by atoms with E-state index in [4.69, 9.17) is 5.11 Å². The van der Waals surface area contributed by atoms with Crippen LogP contribution in [0.4, 0.5) is 4.39 Å². The van der Waals surface area contributed by atoms with Crippen LogP contribution in [0.5, 0.6) is 0 Å². The fourth-order valence-corrected chi connectivity index (χ4v) is 1.69. The highest BCUT2D eigenvalue weighted by molar-refractivity contribution is 5.87. The minimum atomic E-state index is -1.24. The molecule has 0 aromatic heterocycles. The predicted molar refractivity (Wildman–Crippen MR) is 72.8 cm³/mol. The van der Waals surface area contributed by atoms with E-state index in [1.54, 1.807) is 6.07 Å². The van der Waals surface area contributed by atoms with Gasteiger partial charge in [-0.3, -0.25) is 0 Å². The van der Waals surface area contributed by atoms with Crippen LogP contribution < -0.4 is 5.32 Å². The maximum Gasteiger partial charge on any atom is 0.338 e. The number of nitrogens with zero attached hydrogens (tertiary/aromatic N) is 1. The summed E-state index contributed by atoms with van der Waals surface area (Å²) in [6.45, 7) is 3.59. The van der Waals surface area contributed by atoms with Gasteiger partial charge >= 0.3 is 5.97 Å². The number of carboxylic acid groups (broad SMARTS) is 1. The molecule has 1 atom stereocenters. The zero-order valence-corrected chi connectivity index (χ0v) is 11.6. The molecule has 0 heterocycles. The van der Waals surface area contributed by atoms with Crippen molar-refractivity contribution in [2.75, 3.05) is 20.6 Å². The third-order valence-corrected chi connectivity index (χ3v) is 2.93. The van der Waals surface area contributed by atoms with Crippen molar-refractivity contribution >= 4 is 5.97 Å². The van der Waals surface area contributed by atoms with Crippen molar-refractivity contribution in [2.45, 2.75) is 25.9 Å². The number of rotatable bonds is 7. The van der Waals surface area contributed by atoms with Crippen LogP contribution in [0.25, 0.3) is 0 Å². The van der Waals surface area contributed by atoms with Crippen molar-refractivity contribution in [1.82, 2.24) is 10.2 Å². The van der Waals surface area contributed by atoms with E-state index in [9.17, 15) is 9.18 Å². The van der Waals surface area contributed by atoms with E-state index in [1.807, 2.05) is 14.1 Å². The molecule has 0 amide bonds. The lowest BCUT2D eigenvalue weighted by atomic mass is 10.1. The van der Waals surface area contributed by atoms with Crippen molar-refractivity contribution in [3.63, 3.8) is 0 Å². The second-order valence-corrected chi connectivity index (χ2v) is 4.99. The van der Waals surface area contributed by atoms with E-state index in [2.05, 4.69) is 17.1 Å². The minimum Gasteiger partial charge on any atom is -0.478 e. The third-order valence-electron chi connectivity index (χ3n) is 2.93. The van der Waals surface area contributed by atoms with Gasteiger partial charge in [0.1, 0.15) is 5.82 Å². The zero-order chi connectivity index (χ0) is 14.4. The Morgan fingerprint density at radius 2 is 2.16 bits per heavy atom. The molecule has 0 aliphatic heterocycles. The summed E-state index contributed by atoms with van der Waals surface area (Å²) >= 11 is 0. The Morgan fingerprint density at radius 3 is 2.68 bits per heavy atom. The quantitative estimate of drug-likeness (QED) is 0.793. The fourth-order valence-electron chi connectivity index (χ4n) is 1.69. The Bertz CT molecular complexity index is 435. The number of hydrogen-bond acceptors (Lipinski definition) is 3. The van der Waals surface area contributed by atoms with Crippen LogP contribution >= 0.6 is 0 Å². The number of carboxylic acids is 1. The molecule has 0 aliphatic carbocycles. The molecule has 0 aliphatic rings. The Kier molecular flexibility index (Phi) is 5.92. The third kappa shape index (κ3) is 5.36. The van der Waals surface area contributed by atoms with Gasteiger partial charge in [-0.1, -0.05) is 6.07 Å². The van der Waals surface area contributed by atoms with Crippen LogP contribution in [0.15, 0.2) is 18.2 Å². The number of carbonyl (C=O) groups is 1. The molecule has 4 nitrogen and oxygen atoms in total. The Balaban J connectivity index is 2.50. The Labute approximate surface area is 113 Å². The van der Waals surface area contributed by atoms with Gasteiger partial charge in [0.2, 0.25) is 0 Å². The second-order valence-electron chi connectivity index (χ2n) is 4.99. The summed E-state index contributed by atoms with van der Waals surface area (Å²) in [6.07, 6.45) is 1.00. The molecule has 1 rings (SSSR count). The summed E-state index contributed by atoms with van der Waals surface area (Å²) < 4.78 is 13.5. The first-order valence-corrected chi connectivity index (χ1v) is 6.30. The molecule has 0 fully saturated rings. The van der Waals surface area contributed by atoms with Gasteiger partial charge in [0.25, 0.3) is 0 Å². The molecule has 19 heavy (non-hydrogen) atoms. The summed E-state index contributed by atoms with van der Waals surface area (Å²) in [7, 11) is 4.04. The largest absolute Gasteiger partial charge is 0.478 e. The molecule has 1 aromatic rings. The molecule has 0 spiro atoms. The number of nitrogens with one attached hydrogen (secondary N) is 1. The van der Waals surface area contributed by atoms with E-state index in [-0.39, 0.29) is 5.56 Å². The SMILES string of the molecule is CC(CCN(C)C)NCc1ccc(C(=O)O)c(F)c1. The summed E-state index contributed by atoms with van der Waals surface area (Å²) in [5, 5.41) is 12.0. The highest BCUT2D eigenvalue weighted by atomic mass is 19.1. The van der Waals surface area contributed by atoms with Crippen molar-refractivity contribution < 1.29 is 14.3 Å². The van der Waals surface area contributed by atoms with E-state index >= 15 is 0 Å². The topological polar surface area (TPSA) is 52.6 Å². The first-order valence-electron chi connectivity index (χ1n) is 6.30. The van der Waals surface area contributed by atoms with E-state index in [0.717, 1.165) is 18.5 Å². The maximum absolute atomic E-state index is 13.5. The molecular formula is C14H21FN2O2. The van der Waals surface area contributed by atoms with Gasteiger partial charge in [0.15, 0.2) is 0 Å². The predicted octanol–water partition coefficient (Wildman–Crippen LogP) is 1.95. The van der Waals surface area contributed by atoms with Crippen LogP contribution in [0.3, 0.4) is 0 Å². The van der Waals surface area contributed by atoms with Gasteiger partial charge in [-0.05, 0) is 51.7 Å². The van der Waals surface area contributed by atoms with Crippen LogP contribution in [0.2, 0.25) is 0 Å². The molecular weight excluding hydrogens is 247 g/mol. The van der Waals surface area contributed by atoms with Crippen LogP contribution in [-0.2, 0) is 6.54 Å². The molecule has 1 unspecified atom stereocenters. The van der Waals surface area contributed by atoms with E-state index in [1.165, 1.54) is 12.1 Å². The van der Waals surface area contributed by atoms with Gasteiger partial charge in [-0.15, -0.1) is 0 Å². The standard InChI is InChI=1S/C14H21FN2O2/c1-10(6-7-17(2)3)16-9-11-4-5-12(14(18)19)13(15)8-11/h4-5,8,10,16H,6-7,9H2,1-3H3,(H,18,19). The highest BCUT2D eigenvalue weighted by Gasteiger charge is 2.10. The second kappa shape index (κ2) is 7.21. The van der Waals surface area contributed by atoms with Gasteiger partial charge in [-0.2, -0.15) is 0 Å². The van der Waals surface area contributed by atoms with Gasteiger partial charge in [0.05, 0.1) is 5.56 Å². The number of halogens is 1. The zero-order valence-electron chi connectivity index (χ0n) is 11.6.